The molecule has 0 radical (unpaired) electrons. The fraction of sp³-hybridized carbons (Fsp3) is 0.613. The maximum Gasteiger partial charge on any atom is 0.238 e. The van der Waals surface area contributed by atoms with Gasteiger partial charge in [-0.3, -0.25) is 10.1 Å². The third-order valence-corrected chi connectivity index (χ3v) is 6.97. The molecule has 0 spiro atoms. The summed E-state index contributed by atoms with van der Waals surface area (Å²) < 4.78 is 0. The first kappa shape index (κ1) is 28.9. The van der Waals surface area contributed by atoms with Crippen LogP contribution in [0.1, 0.15) is 120 Å². The van der Waals surface area contributed by atoms with E-state index in [1.165, 1.54) is 94.7 Å². The first-order chi connectivity index (χ1) is 17.2. The normalized spacial score (nSPS) is 11.9. The Morgan fingerprint density at radius 1 is 0.657 bits per heavy atom. The highest BCUT2D eigenvalue weighted by Gasteiger charge is 2.21. The predicted molar refractivity (Wildman–Crippen MR) is 150 cm³/mol. The number of nitrogens with zero attached hydrogens (tertiary/aromatic N) is 1. The number of anilines is 1. The Bertz CT molecular complexity index is 776. The van der Waals surface area contributed by atoms with Crippen molar-refractivity contribution in [3.8, 4) is 0 Å². The molecule has 1 unspecified atom stereocenters. The third kappa shape index (κ3) is 13.9. The average Bonchev–Trinajstić information content (AvgIpc) is 2.87. The summed E-state index contributed by atoms with van der Waals surface area (Å²) >= 11 is 0. The largest absolute Gasteiger partial charge is 0.385 e. The van der Waals surface area contributed by atoms with Gasteiger partial charge in [-0.1, -0.05) is 131 Å². The van der Waals surface area contributed by atoms with Gasteiger partial charge in [0.05, 0.1) is 0 Å². The van der Waals surface area contributed by atoms with Gasteiger partial charge < -0.3 is 5.32 Å². The molecule has 35 heavy (non-hydrogen) atoms. The van der Waals surface area contributed by atoms with Crippen LogP contribution in [-0.2, 0) is 0 Å². The second-order valence-corrected chi connectivity index (χ2v) is 10.1. The molecule has 4 heteroatoms. The van der Waals surface area contributed by atoms with E-state index in [1.807, 2.05) is 30.3 Å². The Labute approximate surface area is 214 Å². The van der Waals surface area contributed by atoms with Crippen LogP contribution in [0.15, 0.2) is 54.6 Å². The van der Waals surface area contributed by atoms with Gasteiger partial charge in [-0.25, -0.2) is 0 Å². The van der Waals surface area contributed by atoms with Gasteiger partial charge in [0.25, 0.3) is 0 Å². The molecular weight excluding hydrogens is 432 g/mol. The lowest BCUT2D eigenvalue weighted by atomic mass is 10.00. The van der Waals surface area contributed by atoms with Crippen molar-refractivity contribution in [2.24, 2.45) is 0 Å². The lowest BCUT2D eigenvalue weighted by Crippen LogP contribution is -2.10. The van der Waals surface area contributed by atoms with E-state index in [4.69, 9.17) is 0 Å². The fourth-order valence-corrected chi connectivity index (χ4v) is 4.73. The number of nitrogens with one attached hydrogen (secondary N) is 1. The molecule has 194 valence electrons. The molecule has 0 amide bonds. The van der Waals surface area contributed by atoms with E-state index < -0.39 is 6.04 Å². The zero-order valence-corrected chi connectivity index (χ0v) is 22.1. The van der Waals surface area contributed by atoms with Crippen LogP contribution >= 0.6 is 0 Å². The molecule has 0 aromatic heterocycles. The number of unbranched alkanes of at least 4 members (excludes halogenated alkanes) is 14. The summed E-state index contributed by atoms with van der Waals surface area (Å²) in [6, 6.07) is 17.5. The molecular formula is C31H48N2O2. The van der Waals surface area contributed by atoms with Crippen LogP contribution in [0.4, 0.5) is 5.69 Å². The van der Waals surface area contributed by atoms with Gasteiger partial charge in [0.2, 0.25) is 6.04 Å². The Kier molecular flexibility index (Phi) is 15.6. The molecule has 0 aliphatic carbocycles. The monoisotopic (exact) mass is 480 g/mol. The standard InChI is InChI=1S/C31H48N2O2/c1-28-23-25-30(26-24-28)32-27-19-14-12-10-8-6-4-2-3-5-7-9-11-13-18-22-31(33(34)35)29-20-16-15-17-21-29/h15-17,20-21,23-26,31-32H,2-14,18-19,22,27H2,1H3. The van der Waals surface area contributed by atoms with E-state index in [2.05, 4.69) is 36.5 Å². The van der Waals surface area contributed by atoms with Crippen molar-refractivity contribution in [2.75, 3.05) is 11.9 Å². The van der Waals surface area contributed by atoms with Crippen molar-refractivity contribution in [1.82, 2.24) is 0 Å². The molecule has 0 aliphatic rings. The Morgan fingerprint density at radius 3 is 1.60 bits per heavy atom. The van der Waals surface area contributed by atoms with Crippen molar-refractivity contribution >= 4 is 5.69 Å². The minimum Gasteiger partial charge on any atom is -0.385 e. The molecule has 2 rings (SSSR count). The Morgan fingerprint density at radius 2 is 1.11 bits per heavy atom. The molecule has 4 nitrogen and oxygen atoms in total. The highest BCUT2D eigenvalue weighted by atomic mass is 16.6. The van der Waals surface area contributed by atoms with Gasteiger partial charge in [0.1, 0.15) is 0 Å². The fourth-order valence-electron chi connectivity index (χ4n) is 4.73. The van der Waals surface area contributed by atoms with Crippen molar-refractivity contribution in [3.05, 3.63) is 75.8 Å². The van der Waals surface area contributed by atoms with Gasteiger partial charge in [-0.15, -0.1) is 0 Å². The van der Waals surface area contributed by atoms with Crippen molar-refractivity contribution in [3.63, 3.8) is 0 Å². The molecule has 1 N–H and O–H groups in total. The van der Waals surface area contributed by atoms with Crippen LogP contribution in [0.5, 0.6) is 0 Å². The van der Waals surface area contributed by atoms with E-state index in [9.17, 15) is 10.1 Å². The number of benzene rings is 2. The lowest BCUT2D eigenvalue weighted by molar-refractivity contribution is -0.530. The molecule has 0 heterocycles. The molecule has 2 aromatic rings. The zero-order chi connectivity index (χ0) is 25.0. The molecule has 2 aromatic carbocycles. The van der Waals surface area contributed by atoms with Gasteiger partial charge in [0.15, 0.2) is 0 Å². The summed E-state index contributed by atoms with van der Waals surface area (Å²) in [7, 11) is 0. The summed E-state index contributed by atoms with van der Waals surface area (Å²) in [6.07, 6.45) is 20.1. The second kappa shape index (κ2) is 18.9. The Hall–Kier alpha value is -2.36. The maximum atomic E-state index is 11.4. The van der Waals surface area contributed by atoms with Crippen molar-refractivity contribution in [1.29, 1.82) is 0 Å². The first-order valence-electron chi connectivity index (χ1n) is 14.2. The topological polar surface area (TPSA) is 55.2 Å². The smallest absolute Gasteiger partial charge is 0.238 e. The molecule has 0 saturated heterocycles. The molecule has 1 atom stereocenters. The predicted octanol–water partition coefficient (Wildman–Crippen LogP) is 9.67. The zero-order valence-electron chi connectivity index (χ0n) is 22.1. The first-order valence-corrected chi connectivity index (χ1v) is 14.2. The van der Waals surface area contributed by atoms with Gasteiger partial charge >= 0.3 is 0 Å². The lowest BCUT2D eigenvalue weighted by Gasteiger charge is -2.09. The molecule has 0 fully saturated rings. The van der Waals surface area contributed by atoms with E-state index in [0.717, 1.165) is 24.9 Å². The van der Waals surface area contributed by atoms with Crippen LogP contribution < -0.4 is 5.32 Å². The van der Waals surface area contributed by atoms with E-state index >= 15 is 0 Å². The minimum absolute atomic E-state index is 0.124. The average molecular weight is 481 g/mol. The number of hydrogen-bond donors (Lipinski definition) is 1. The van der Waals surface area contributed by atoms with E-state index in [1.54, 1.807) is 0 Å². The maximum absolute atomic E-state index is 11.4. The number of aryl methyl sites for hydroxylation is 1. The SMILES string of the molecule is Cc1ccc(NCCCCCCCCCCCCCCCCCC(c2ccccc2)[N+](=O)[O-])cc1. The molecule has 0 bridgehead atoms. The van der Waals surface area contributed by atoms with Crippen LogP contribution in [0.3, 0.4) is 0 Å². The van der Waals surface area contributed by atoms with E-state index in [-0.39, 0.29) is 4.92 Å². The van der Waals surface area contributed by atoms with Gasteiger partial charge in [-0.2, -0.15) is 0 Å². The van der Waals surface area contributed by atoms with Crippen LogP contribution in [0.25, 0.3) is 0 Å². The van der Waals surface area contributed by atoms with Crippen LogP contribution in [0.2, 0.25) is 0 Å². The second-order valence-electron chi connectivity index (χ2n) is 10.1. The van der Waals surface area contributed by atoms with Crippen molar-refractivity contribution in [2.45, 2.75) is 116 Å². The number of rotatable bonds is 21. The summed E-state index contributed by atoms with van der Waals surface area (Å²) in [4.78, 5) is 11.2. The quantitative estimate of drug-likeness (QED) is 0.110. The highest BCUT2D eigenvalue weighted by molar-refractivity contribution is 5.44. The van der Waals surface area contributed by atoms with Crippen LogP contribution in [-0.4, -0.2) is 11.5 Å². The van der Waals surface area contributed by atoms with Gasteiger partial charge in [0, 0.05) is 29.1 Å². The van der Waals surface area contributed by atoms with Gasteiger partial charge in [-0.05, 0) is 31.9 Å². The van der Waals surface area contributed by atoms with E-state index in [0.29, 0.717) is 6.42 Å². The highest BCUT2D eigenvalue weighted by Crippen LogP contribution is 2.23. The summed E-state index contributed by atoms with van der Waals surface area (Å²) in [5.41, 5.74) is 3.39. The molecule has 0 aliphatic heterocycles. The minimum atomic E-state index is -0.544. The third-order valence-electron chi connectivity index (χ3n) is 6.97. The summed E-state index contributed by atoms with van der Waals surface area (Å²) in [5.74, 6) is 0. The summed E-state index contributed by atoms with van der Waals surface area (Å²) in [6.45, 7) is 3.20. The van der Waals surface area contributed by atoms with Crippen molar-refractivity contribution < 1.29 is 4.92 Å². The summed E-state index contributed by atoms with van der Waals surface area (Å²) in [5, 5.41) is 14.9. The number of hydrogen-bond acceptors (Lipinski definition) is 3. The van der Waals surface area contributed by atoms with Crippen LogP contribution in [0, 0.1) is 17.0 Å². The Balaban J connectivity index is 1.30. The molecule has 0 saturated carbocycles. The number of nitro groups is 1.